The molecule has 0 spiro atoms. The van der Waals surface area contributed by atoms with E-state index in [9.17, 15) is 4.79 Å². The van der Waals surface area contributed by atoms with Gasteiger partial charge in [0.1, 0.15) is 6.04 Å². The summed E-state index contributed by atoms with van der Waals surface area (Å²) in [6.45, 7) is 1.63. The van der Waals surface area contributed by atoms with Crippen molar-refractivity contribution in [3.63, 3.8) is 0 Å². The van der Waals surface area contributed by atoms with Gasteiger partial charge in [0.2, 0.25) is 6.39 Å². The zero-order valence-electron chi connectivity index (χ0n) is 6.47. The average Bonchev–Trinajstić information content (AvgIpc) is 2.53. The predicted octanol–water partition coefficient (Wildman–Crippen LogP) is -0.415. The summed E-state index contributed by atoms with van der Waals surface area (Å²) in [5.41, 5.74) is 5.33. The fraction of sp³-hybridized carbons (Fsp3) is 0.500. The highest BCUT2D eigenvalue weighted by Crippen LogP contribution is 2.12. The van der Waals surface area contributed by atoms with Crippen molar-refractivity contribution in [3.05, 3.63) is 12.2 Å². The standard InChI is InChI=1S/C6H9N3O3/c1-3(4(7)6(10)11)5-8-2-12-9-5/h2-4H,7H2,1H3,(H,10,11)/t3?,4-/m0/s1. The molecule has 66 valence electrons. The van der Waals surface area contributed by atoms with Gasteiger partial charge in [-0.3, -0.25) is 4.79 Å². The third kappa shape index (κ3) is 1.59. The maximum absolute atomic E-state index is 10.4. The molecule has 0 amide bonds. The van der Waals surface area contributed by atoms with E-state index in [-0.39, 0.29) is 0 Å². The first-order chi connectivity index (χ1) is 5.63. The Labute approximate surface area is 68.4 Å². The summed E-state index contributed by atoms with van der Waals surface area (Å²) in [5.74, 6) is -1.21. The molecule has 1 rings (SSSR count). The second-order valence-corrected chi connectivity index (χ2v) is 2.44. The van der Waals surface area contributed by atoms with E-state index in [1.54, 1.807) is 6.92 Å². The van der Waals surface area contributed by atoms with E-state index in [4.69, 9.17) is 10.8 Å². The van der Waals surface area contributed by atoms with Crippen LogP contribution in [0, 0.1) is 0 Å². The number of carboxylic acids is 1. The van der Waals surface area contributed by atoms with Crippen molar-refractivity contribution in [1.29, 1.82) is 0 Å². The van der Waals surface area contributed by atoms with Crippen LogP contribution in [0.3, 0.4) is 0 Å². The first-order valence-electron chi connectivity index (χ1n) is 3.37. The highest BCUT2D eigenvalue weighted by Gasteiger charge is 2.24. The van der Waals surface area contributed by atoms with Crippen LogP contribution in [0.2, 0.25) is 0 Å². The molecular weight excluding hydrogens is 162 g/mol. The lowest BCUT2D eigenvalue weighted by Crippen LogP contribution is -2.35. The van der Waals surface area contributed by atoms with Crippen LogP contribution in [0.15, 0.2) is 10.9 Å². The van der Waals surface area contributed by atoms with Crippen LogP contribution in [0.5, 0.6) is 0 Å². The third-order valence-electron chi connectivity index (χ3n) is 1.61. The molecule has 1 heterocycles. The molecule has 0 aliphatic carbocycles. The SMILES string of the molecule is CC(c1ncon1)[C@H](N)C(=O)O. The molecule has 0 fully saturated rings. The Bertz CT molecular complexity index is 259. The molecule has 0 saturated carbocycles. The molecule has 1 aromatic rings. The molecule has 2 atom stereocenters. The van der Waals surface area contributed by atoms with Gasteiger partial charge in [-0.25, -0.2) is 0 Å². The lowest BCUT2D eigenvalue weighted by Gasteiger charge is -2.10. The Balaban J connectivity index is 2.71. The van der Waals surface area contributed by atoms with E-state index in [1.165, 1.54) is 0 Å². The minimum Gasteiger partial charge on any atom is -0.480 e. The van der Waals surface area contributed by atoms with E-state index < -0.39 is 17.9 Å². The van der Waals surface area contributed by atoms with Gasteiger partial charge in [0.05, 0.1) is 0 Å². The van der Waals surface area contributed by atoms with Crippen LogP contribution in [0.25, 0.3) is 0 Å². The summed E-state index contributed by atoms with van der Waals surface area (Å²) < 4.78 is 4.46. The maximum atomic E-state index is 10.4. The van der Waals surface area contributed by atoms with Crippen LogP contribution in [-0.2, 0) is 4.79 Å². The van der Waals surface area contributed by atoms with Crippen molar-refractivity contribution in [1.82, 2.24) is 10.1 Å². The van der Waals surface area contributed by atoms with Crippen molar-refractivity contribution in [2.75, 3.05) is 0 Å². The minimum atomic E-state index is -1.08. The summed E-state index contributed by atoms with van der Waals surface area (Å²) in [4.78, 5) is 14.1. The van der Waals surface area contributed by atoms with Gasteiger partial charge in [-0.05, 0) is 0 Å². The summed E-state index contributed by atoms with van der Waals surface area (Å²) >= 11 is 0. The quantitative estimate of drug-likeness (QED) is 0.640. The Morgan fingerprint density at radius 2 is 2.50 bits per heavy atom. The van der Waals surface area contributed by atoms with Crippen molar-refractivity contribution in [3.8, 4) is 0 Å². The Kier molecular flexibility index (Phi) is 2.39. The molecule has 0 bridgehead atoms. The number of nitrogens with zero attached hydrogens (tertiary/aromatic N) is 2. The number of carboxylic acid groups (broad SMARTS) is 1. The monoisotopic (exact) mass is 171 g/mol. The van der Waals surface area contributed by atoms with Crippen LogP contribution in [-0.4, -0.2) is 27.3 Å². The second-order valence-electron chi connectivity index (χ2n) is 2.44. The molecule has 6 nitrogen and oxygen atoms in total. The zero-order chi connectivity index (χ0) is 9.14. The maximum Gasteiger partial charge on any atom is 0.321 e. The van der Waals surface area contributed by atoms with Gasteiger partial charge in [0.15, 0.2) is 5.82 Å². The number of nitrogens with two attached hydrogens (primary N) is 1. The fourth-order valence-corrected chi connectivity index (χ4v) is 0.754. The van der Waals surface area contributed by atoms with Gasteiger partial charge in [-0.1, -0.05) is 12.1 Å². The van der Waals surface area contributed by atoms with Crippen molar-refractivity contribution in [2.24, 2.45) is 5.73 Å². The number of carbonyl (C=O) groups is 1. The van der Waals surface area contributed by atoms with Gasteiger partial charge < -0.3 is 15.4 Å². The second kappa shape index (κ2) is 3.31. The number of aliphatic carboxylic acids is 1. The molecule has 0 radical (unpaired) electrons. The smallest absolute Gasteiger partial charge is 0.321 e. The Hall–Kier alpha value is -1.43. The number of aromatic nitrogens is 2. The largest absolute Gasteiger partial charge is 0.480 e. The molecule has 3 N–H and O–H groups in total. The molecule has 6 heteroatoms. The molecule has 12 heavy (non-hydrogen) atoms. The van der Waals surface area contributed by atoms with Gasteiger partial charge in [-0.15, -0.1) is 0 Å². The molecule has 0 saturated heterocycles. The van der Waals surface area contributed by atoms with Crippen LogP contribution in [0.4, 0.5) is 0 Å². The van der Waals surface area contributed by atoms with Gasteiger partial charge in [0.25, 0.3) is 0 Å². The third-order valence-corrected chi connectivity index (χ3v) is 1.61. The molecule has 0 aliphatic heterocycles. The van der Waals surface area contributed by atoms with Gasteiger partial charge in [0, 0.05) is 5.92 Å². The van der Waals surface area contributed by atoms with Crippen LogP contribution >= 0.6 is 0 Å². The molecule has 1 unspecified atom stereocenters. The molecule has 1 aromatic heterocycles. The van der Waals surface area contributed by atoms with Crippen LogP contribution < -0.4 is 5.73 Å². The highest BCUT2D eigenvalue weighted by atomic mass is 16.5. The van der Waals surface area contributed by atoms with Gasteiger partial charge >= 0.3 is 5.97 Å². The number of hydrogen-bond donors (Lipinski definition) is 2. The highest BCUT2D eigenvalue weighted by molar-refractivity contribution is 5.74. The Morgan fingerprint density at radius 1 is 1.83 bits per heavy atom. The fourth-order valence-electron chi connectivity index (χ4n) is 0.754. The first kappa shape index (κ1) is 8.66. The van der Waals surface area contributed by atoms with E-state index >= 15 is 0 Å². The molecular formula is C6H9N3O3. The van der Waals surface area contributed by atoms with Crippen molar-refractivity contribution >= 4 is 5.97 Å². The normalized spacial score (nSPS) is 15.5. The van der Waals surface area contributed by atoms with E-state index in [1.807, 2.05) is 0 Å². The molecule has 0 aliphatic rings. The number of rotatable bonds is 3. The lowest BCUT2D eigenvalue weighted by atomic mass is 10.0. The summed E-state index contributed by atoms with van der Waals surface area (Å²) in [6.07, 6.45) is 1.14. The number of hydrogen-bond acceptors (Lipinski definition) is 5. The molecule has 0 aromatic carbocycles. The van der Waals surface area contributed by atoms with Crippen molar-refractivity contribution < 1.29 is 14.4 Å². The Morgan fingerprint density at radius 3 is 2.92 bits per heavy atom. The lowest BCUT2D eigenvalue weighted by molar-refractivity contribution is -0.139. The van der Waals surface area contributed by atoms with E-state index in [2.05, 4.69) is 14.7 Å². The topological polar surface area (TPSA) is 102 Å². The predicted molar refractivity (Wildman–Crippen MR) is 38.3 cm³/mol. The van der Waals surface area contributed by atoms with Crippen molar-refractivity contribution in [2.45, 2.75) is 18.9 Å². The van der Waals surface area contributed by atoms with E-state index in [0.717, 1.165) is 6.39 Å². The van der Waals surface area contributed by atoms with Gasteiger partial charge in [-0.2, -0.15) is 4.98 Å². The first-order valence-corrected chi connectivity index (χ1v) is 3.37. The minimum absolute atomic E-state index is 0.310. The summed E-state index contributed by atoms with van der Waals surface area (Å²) in [6, 6.07) is -0.998. The van der Waals surface area contributed by atoms with Crippen LogP contribution in [0.1, 0.15) is 18.7 Å². The van der Waals surface area contributed by atoms with E-state index in [0.29, 0.717) is 5.82 Å². The average molecular weight is 171 g/mol. The summed E-state index contributed by atoms with van der Waals surface area (Å²) in [5, 5.41) is 12.0. The zero-order valence-corrected chi connectivity index (χ0v) is 6.47. The summed E-state index contributed by atoms with van der Waals surface area (Å²) in [7, 11) is 0.